The molecule has 84 valence electrons. The summed E-state index contributed by atoms with van der Waals surface area (Å²) in [7, 11) is 0. The van der Waals surface area contributed by atoms with Crippen molar-refractivity contribution in [3.05, 3.63) is 42.0 Å². The summed E-state index contributed by atoms with van der Waals surface area (Å²) in [5, 5.41) is 12.5. The first kappa shape index (κ1) is 11.0. The summed E-state index contributed by atoms with van der Waals surface area (Å²) in [6, 6.07) is 6.29. The van der Waals surface area contributed by atoms with Crippen molar-refractivity contribution in [3.8, 4) is 17.2 Å². The molecule has 0 N–H and O–H groups in total. The zero-order valence-corrected chi connectivity index (χ0v) is 8.80. The molecular weight excluding hydrogens is 221 g/mol. The lowest BCUT2D eigenvalue weighted by molar-refractivity contribution is 0.112. The first-order chi connectivity index (χ1) is 8.24. The minimum Gasteiger partial charge on any atom is -0.298 e. The van der Waals surface area contributed by atoms with Crippen LogP contribution in [0.15, 0.2) is 30.6 Å². The van der Waals surface area contributed by atoms with Crippen LogP contribution in [0.25, 0.3) is 11.1 Å². The highest BCUT2D eigenvalue weighted by Gasteiger charge is 2.06. The molecule has 0 radical (unpaired) electrons. The summed E-state index contributed by atoms with van der Waals surface area (Å²) in [5.41, 5.74) is 1.35. The molecule has 0 unspecified atom stereocenters. The molecule has 0 aliphatic carbocycles. The highest BCUT2D eigenvalue weighted by molar-refractivity contribution is 5.77. The van der Waals surface area contributed by atoms with Gasteiger partial charge in [0.25, 0.3) is 0 Å². The molecule has 0 aliphatic heterocycles. The lowest BCUT2D eigenvalue weighted by Gasteiger charge is -1.99. The normalized spacial score (nSPS) is 9.88. The fourth-order valence-electron chi connectivity index (χ4n) is 1.47. The topological polar surface area (TPSA) is 58.7 Å². The van der Waals surface area contributed by atoms with Gasteiger partial charge >= 0.3 is 0 Å². The van der Waals surface area contributed by atoms with Crippen LogP contribution in [0, 0.1) is 17.1 Å². The number of hydrogen-bond acceptors (Lipinski definition) is 3. The minimum absolute atomic E-state index is 0.0261. The van der Waals surface area contributed by atoms with Crippen LogP contribution in [0.3, 0.4) is 0 Å². The summed E-state index contributed by atoms with van der Waals surface area (Å²) in [4.78, 5) is 10.5. The summed E-state index contributed by atoms with van der Waals surface area (Å²) in [6.07, 6.45) is 3.67. The quantitative estimate of drug-likeness (QED) is 0.756. The lowest BCUT2D eigenvalue weighted by Crippen LogP contribution is -1.94. The van der Waals surface area contributed by atoms with Crippen molar-refractivity contribution < 1.29 is 9.18 Å². The second-order valence-corrected chi connectivity index (χ2v) is 3.44. The van der Waals surface area contributed by atoms with Crippen molar-refractivity contribution in [1.82, 2.24) is 9.78 Å². The van der Waals surface area contributed by atoms with Crippen LogP contribution in [0.2, 0.25) is 0 Å². The number of hydrogen-bond donors (Lipinski definition) is 0. The van der Waals surface area contributed by atoms with Gasteiger partial charge in [-0.25, -0.2) is 4.39 Å². The summed E-state index contributed by atoms with van der Waals surface area (Å²) in [6.45, 7) is 0.148. The molecule has 2 aromatic rings. The second kappa shape index (κ2) is 4.58. The standard InChI is InChI=1S/C12H8FN3O/c13-12-5-9(1-2-10(12)8-17)11-6-15-16(7-11)4-3-14/h1-2,5-8H,4H2. The molecule has 0 atom stereocenters. The molecule has 0 aliphatic rings. The maximum absolute atomic E-state index is 13.4. The van der Waals surface area contributed by atoms with Gasteiger partial charge in [0.05, 0.1) is 17.8 Å². The van der Waals surface area contributed by atoms with Crippen molar-refractivity contribution in [2.24, 2.45) is 0 Å². The number of aldehydes is 1. The van der Waals surface area contributed by atoms with Crippen LogP contribution < -0.4 is 0 Å². The van der Waals surface area contributed by atoms with Gasteiger partial charge in [0, 0.05) is 11.8 Å². The number of benzene rings is 1. The number of nitriles is 1. The molecule has 0 saturated heterocycles. The molecule has 0 spiro atoms. The van der Waals surface area contributed by atoms with E-state index in [9.17, 15) is 9.18 Å². The van der Waals surface area contributed by atoms with Crippen LogP contribution in [-0.4, -0.2) is 16.1 Å². The van der Waals surface area contributed by atoms with Crippen molar-refractivity contribution >= 4 is 6.29 Å². The molecule has 2 rings (SSSR count). The number of aromatic nitrogens is 2. The maximum Gasteiger partial charge on any atom is 0.152 e. The van der Waals surface area contributed by atoms with Crippen LogP contribution in [0.4, 0.5) is 4.39 Å². The third-order valence-corrected chi connectivity index (χ3v) is 2.33. The highest BCUT2D eigenvalue weighted by atomic mass is 19.1. The fraction of sp³-hybridized carbons (Fsp3) is 0.0833. The molecule has 0 fully saturated rings. The van der Waals surface area contributed by atoms with Crippen molar-refractivity contribution in [2.45, 2.75) is 6.54 Å². The van der Waals surface area contributed by atoms with E-state index in [4.69, 9.17) is 5.26 Å². The molecule has 0 amide bonds. The van der Waals surface area contributed by atoms with Gasteiger partial charge in [0.15, 0.2) is 6.29 Å². The number of nitrogens with zero attached hydrogens (tertiary/aromatic N) is 3. The van der Waals surface area contributed by atoms with E-state index in [1.165, 1.54) is 16.8 Å². The smallest absolute Gasteiger partial charge is 0.152 e. The van der Waals surface area contributed by atoms with Gasteiger partial charge in [-0.05, 0) is 17.7 Å². The van der Waals surface area contributed by atoms with Gasteiger partial charge in [0.2, 0.25) is 0 Å². The molecule has 17 heavy (non-hydrogen) atoms. The average molecular weight is 229 g/mol. The first-order valence-corrected chi connectivity index (χ1v) is 4.89. The molecule has 4 nitrogen and oxygen atoms in total. The Morgan fingerprint density at radius 2 is 2.29 bits per heavy atom. The Hall–Kier alpha value is -2.48. The van der Waals surface area contributed by atoms with Gasteiger partial charge in [0.1, 0.15) is 12.4 Å². The Bertz CT molecular complexity index is 598. The van der Waals surface area contributed by atoms with Crippen molar-refractivity contribution in [3.63, 3.8) is 0 Å². The summed E-state index contributed by atoms with van der Waals surface area (Å²) < 4.78 is 14.8. The largest absolute Gasteiger partial charge is 0.298 e. The molecule has 5 heteroatoms. The molecule has 0 bridgehead atoms. The Morgan fingerprint density at radius 3 is 2.94 bits per heavy atom. The van der Waals surface area contributed by atoms with Crippen LogP contribution in [0.5, 0.6) is 0 Å². The van der Waals surface area contributed by atoms with Gasteiger partial charge < -0.3 is 0 Å². The maximum atomic E-state index is 13.4. The Labute approximate surface area is 96.9 Å². The minimum atomic E-state index is -0.564. The molecule has 1 heterocycles. The van der Waals surface area contributed by atoms with Gasteiger partial charge in [-0.2, -0.15) is 10.4 Å². The van der Waals surface area contributed by atoms with Gasteiger partial charge in [-0.15, -0.1) is 0 Å². The van der Waals surface area contributed by atoms with E-state index < -0.39 is 5.82 Å². The Balaban J connectivity index is 2.36. The number of carbonyl (C=O) groups is 1. The number of rotatable bonds is 3. The lowest BCUT2D eigenvalue weighted by atomic mass is 10.1. The zero-order valence-electron chi connectivity index (χ0n) is 8.80. The zero-order chi connectivity index (χ0) is 12.3. The molecule has 0 saturated carbocycles. The third kappa shape index (κ3) is 2.21. The summed E-state index contributed by atoms with van der Waals surface area (Å²) >= 11 is 0. The monoisotopic (exact) mass is 229 g/mol. The molecular formula is C12H8FN3O. The molecule has 1 aromatic heterocycles. The Kier molecular flexibility index (Phi) is 2.97. The molecule has 1 aromatic carbocycles. The van der Waals surface area contributed by atoms with E-state index in [2.05, 4.69) is 5.10 Å². The fourth-order valence-corrected chi connectivity index (χ4v) is 1.47. The third-order valence-electron chi connectivity index (χ3n) is 2.33. The van der Waals surface area contributed by atoms with Crippen LogP contribution in [0.1, 0.15) is 10.4 Å². The predicted molar refractivity (Wildman–Crippen MR) is 58.6 cm³/mol. The number of halogens is 1. The first-order valence-electron chi connectivity index (χ1n) is 4.89. The van der Waals surface area contributed by atoms with Gasteiger partial charge in [-0.1, -0.05) is 6.07 Å². The van der Waals surface area contributed by atoms with E-state index in [0.717, 1.165) is 0 Å². The predicted octanol–water partition coefficient (Wildman–Crippen LogP) is 2.03. The average Bonchev–Trinajstić information content (AvgIpc) is 2.78. The van der Waals surface area contributed by atoms with Crippen LogP contribution >= 0.6 is 0 Å². The highest BCUT2D eigenvalue weighted by Crippen LogP contribution is 2.20. The van der Waals surface area contributed by atoms with E-state index in [0.29, 0.717) is 17.4 Å². The van der Waals surface area contributed by atoms with E-state index in [-0.39, 0.29) is 12.1 Å². The second-order valence-electron chi connectivity index (χ2n) is 3.44. The van der Waals surface area contributed by atoms with E-state index in [1.807, 2.05) is 6.07 Å². The number of carbonyl (C=O) groups excluding carboxylic acids is 1. The summed E-state index contributed by atoms with van der Waals surface area (Å²) in [5.74, 6) is -0.564. The van der Waals surface area contributed by atoms with E-state index in [1.54, 1.807) is 18.5 Å². The SMILES string of the molecule is N#CCn1cc(-c2ccc(C=O)c(F)c2)cn1. The van der Waals surface area contributed by atoms with E-state index >= 15 is 0 Å². The van der Waals surface area contributed by atoms with Crippen LogP contribution in [-0.2, 0) is 6.54 Å². The van der Waals surface area contributed by atoms with Gasteiger partial charge in [-0.3, -0.25) is 9.48 Å². The van der Waals surface area contributed by atoms with Crippen molar-refractivity contribution in [1.29, 1.82) is 5.26 Å². The van der Waals surface area contributed by atoms with Crippen molar-refractivity contribution in [2.75, 3.05) is 0 Å². The Morgan fingerprint density at radius 1 is 1.47 bits per heavy atom.